The number of carbonyl (C=O) groups excluding carboxylic acids is 1. The van der Waals surface area contributed by atoms with Crippen molar-refractivity contribution in [3.8, 4) is 11.1 Å². The standard InChI is InChI=1S/C21H21F6NO4S/c1-4-32-19(20(22,23)24,21(25,26)27)15-8-6-14(7-9-15)17-12-16(33(30,31)5-2)10-11-18(17)28-13(3)29/h6-12H,4-5H2,1-3H3,(H,28,29). The number of ether oxygens (including phenoxy) is 1. The summed E-state index contributed by atoms with van der Waals surface area (Å²) in [6.45, 7) is 2.75. The normalized spacial score (nSPS) is 13.1. The number of hydrogen-bond donors (Lipinski definition) is 1. The second-order valence-electron chi connectivity index (χ2n) is 6.98. The van der Waals surface area contributed by atoms with Crippen LogP contribution in [0.4, 0.5) is 32.0 Å². The molecule has 1 N–H and O–H groups in total. The number of rotatable bonds is 7. The van der Waals surface area contributed by atoms with Gasteiger partial charge in [-0.05, 0) is 30.7 Å². The summed E-state index contributed by atoms with van der Waals surface area (Å²) in [7, 11) is -3.68. The third kappa shape index (κ3) is 5.16. The van der Waals surface area contributed by atoms with Gasteiger partial charge in [0.1, 0.15) is 0 Å². The second-order valence-corrected chi connectivity index (χ2v) is 9.26. The van der Waals surface area contributed by atoms with Crippen LogP contribution in [0.5, 0.6) is 0 Å². The van der Waals surface area contributed by atoms with Crippen LogP contribution in [-0.4, -0.2) is 39.0 Å². The average molecular weight is 497 g/mol. The highest BCUT2D eigenvalue weighted by molar-refractivity contribution is 7.91. The van der Waals surface area contributed by atoms with Crippen LogP contribution < -0.4 is 5.32 Å². The number of benzene rings is 2. The molecule has 2 aromatic rings. The highest BCUT2D eigenvalue weighted by atomic mass is 32.2. The van der Waals surface area contributed by atoms with Crippen molar-refractivity contribution in [1.29, 1.82) is 0 Å². The van der Waals surface area contributed by atoms with E-state index in [1.807, 2.05) is 0 Å². The molecule has 0 unspecified atom stereocenters. The Labute approximate surface area is 186 Å². The first-order chi connectivity index (χ1) is 15.1. The summed E-state index contributed by atoms with van der Waals surface area (Å²) in [6, 6.07) is 6.92. The molecule has 0 aliphatic heterocycles. The fraction of sp³-hybridized carbons (Fsp3) is 0.381. The van der Waals surface area contributed by atoms with E-state index in [0.717, 1.165) is 19.1 Å². The van der Waals surface area contributed by atoms with Crippen molar-refractivity contribution >= 4 is 21.4 Å². The SMILES string of the molecule is CCOC(c1ccc(-c2cc(S(=O)(=O)CC)ccc2NC(C)=O)cc1)(C(F)(F)F)C(F)(F)F. The van der Waals surface area contributed by atoms with Crippen LogP contribution in [0, 0.1) is 0 Å². The third-order valence-corrected chi connectivity index (χ3v) is 6.53. The van der Waals surface area contributed by atoms with E-state index in [4.69, 9.17) is 0 Å². The van der Waals surface area contributed by atoms with E-state index in [1.165, 1.54) is 32.0 Å². The lowest BCUT2D eigenvalue weighted by molar-refractivity contribution is -0.388. The van der Waals surface area contributed by atoms with Crippen molar-refractivity contribution in [3.05, 3.63) is 48.0 Å². The highest BCUT2D eigenvalue weighted by Crippen LogP contribution is 2.53. The smallest absolute Gasteiger partial charge is 0.354 e. The number of halogens is 6. The molecule has 0 bridgehead atoms. The zero-order valence-electron chi connectivity index (χ0n) is 17.8. The summed E-state index contributed by atoms with van der Waals surface area (Å²) in [4.78, 5) is 11.4. The molecule has 0 spiro atoms. The van der Waals surface area contributed by atoms with Crippen LogP contribution >= 0.6 is 0 Å². The quantitative estimate of drug-likeness (QED) is 0.516. The van der Waals surface area contributed by atoms with Crippen molar-refractivity contribution < 1.29 is 44.3 Å². The van der Waals surface area contributed by atoms with E-state index in [0.29, 0.717) is 12.1 Å². The van der Waals surface area contributed by atoms with Crippen LogP contribution in [0.1, 0.15) is 26.3 Å². The summed E-state index contributed by atoms with van der Waals surface area (Å²) in [6.07, 6.45) is -11.6. The summed E-state index contributed by atoms with van der Waals surface area (Å²) >= 11 is 0. The Balaban J connectivity index is 2.72. The van der Waals surface area contributed by atoms with Gasteiger partial charge in [0.15, 0.2) is 9.84 Å². The van der Waals surface area contributed by atoms with Gasteiger partial charge in [0.05, 0.1) is 10.6 Å². The molecule has 0 aliphatic rings. The van der Waals surface area contributed by atoms with Crippen molar-refractivity contribution in [1.82, 2.24) is 0 Å². The average Bonchev–Trinajstić information content (AvgIpc) is 2.70. The van der Waals surface area contributed by atoms with Crippen LogP contribution in [-0.2, 0) is 25.0 Å². The monoisotopic (exact) mass is 497 g/mol. The van der Waals surface area contributed by atoms with E-state index in [2.05, 4.69) is 10.1 Å². The Hall–Kier alpha value is -2.60. The molecular formula is C21H21F6NO4S. The van der Waals surface area contributed by atoms with Gasteiger partial charge in [0.25, 0.3) is 5.60 Å². The van der Waals surface area contributed by atoms with Crippen molar-refractivity contribution in [2.24, 2.45) is 0 Å². The Morgan fingerprint density at radius 3 is 1.91 bits per heavy atom. The number of amides is 1. The van der Waals surface area contributed by atoms with E-state index < -0.39 is 45.9 Å². The lowest BCUT2D eigenvalue weighted by Crippen LogP contribution is -2.56. The number of carbonyl (C=O) groups is 1. The zero-order valence-corrected chi connectivity index (χ0v) is 18.6. The molecule has 1 amide bonds. The molecule has 0 heterocycles. The molecule has 0 fully saturated rings. The molecule has 0 aliphatic carbocycles. The fourth-order valence-corrected chi connectivity index (χ4v) is 4.16. The molecule has 2 aromatic carbocycles. The van der Waals surface area contributed by atoms with Gasteiger partial charge in [-0.3, -0.25) is 4.79 Å². The number of nitrogens with one attached hydrogen (secondary N) is 1. The Kier molecular flexibility index (Phi) is 7.54. The summed E-state index contributed by atoms with van der Waals surface area (Å²) < 4.78 is 111. The Morgan fingerprint density at radius 1 is 0.939 bits per heavy atom. The van der Waals surface area contributed by atoms with Gasteiger partial charge in [-0.1, -0.05) is 31.2 Å². The van der Waals surface area contributed by atoms with E-state index >= 15 is 0 Å². The predicted octanol–water partition coefficient (Wildman–Crippen LogP) is 5.46. The zero-order chi connectivity index (χ0) is 25.2. The first-order valence-corrected chi connectivity index (χ1v) is 11.3. The molecule has 5 nitrogen and oxygen atoms in total. The summed E-state index contributed by atoms with van der Waals surface area (Å²) in [5, 5.41) is 2.46. The molecule has 0 aromatic heterocycles. The molecule has 182 valence electrons. The maximum atomic E-state index is 13.6. The second kappa shape index (κ2) is 9.34. The maximum Gasteiger partial charge on any atom is 0.430 e. The van der Waals surface area contributed by atoms with Crippen LogP contribution in [0.2, 0.25) is 0 Å². The largest absolute Gasteiger partial charge is 0.430 e. The molecule has 0 atom stereocenters. The van der Waals surface area contributed by atoms with Gasteiger partial charge in [-0.15, -0.1) is 0 Å². The van der Waals surface area contributed by atoms with Gasteiger partial charge in [-0.25, -0.2) is 8.42 Å². The lowest BCUT2D eigenvalue weighted by atomic mass is 9.90. The van der Waals surface area contributed by atoms with Gasteiger partial charge >= 0.3 is 12.4 Å². The fourth-order valence-electron chi connectivity index (χ4n) is 3.26. The van der Waals surface area contributed by atoms with E-state index in [9.17, 15) is 39.6 Å². The van der Waals surface area contributed by atoms with Crippen LogP contribution in [0.3, 0.4) is 0 Å². The Bertz CT molecular complexity index is 1100. The molecule has 2 rings (SSSR count). The minimum atomic E-state index is -5.81. The lowest BCUT2D eigenvalue weighted by Gasteiger charge is -2.37. The minimum absolute atomic E-state index is 0.0883. The summed E-state index contributed by atoms with van der Waals surface area (Å²) in [5.41, 5.74) is -5.40. The molecule has 0 radical (unpaired) electrons. The number of hydrogen-bond acceptors (Lipinski definition) is 4. The van der Waals surface area contributed by atoms with Gasteiger partial charge in [0, 0.05) is 30.3 Å². The van der Waals surface area contributed by atoms with Gasteiger partial charge in [0.2, 0.25) is 5.91 Å². The van der Waals surface area contributed by atoms with Crippen LogP contribution in [0.25, 0.3) is 11.1 Å². The summed E-state index contributed by atoms with van der Waals surface area (Å²) in [5.74, 6) is -0.748. The number of sulfone groups is 1. The molecule has 12 heteroatoms. The minimum Gasteiger partial charge on any atom is -0.354 e. The third-order valence-electron chi connectivity index (χ3n) is 4.80. The van der Waals surface area contributed by atoms with Crippen molar-refractivity contribution in [2.45, 2.75) is 43.6 Å². The molecule has 33 heavy (non-hydrogen) atoms. The Morgan fingerprint density at radius 2 is 1.48 bits per heavy atom. The van der Waals surface area contributed by atoms with Crippen molar-refractivity contribution in [2.75, 3.05) is 17.7 Å². The highest BCUT2D eigenvalue weighted by Gasteiger charge is 2.73. The van der Waals surface area contributed by atoms with Gasteiger partial charge < -0.3 is 10.1 Å². The maximum absolute atomic E-state index is 13.6. The van der Waals surface area contributed by atoms with E-state index in [1.54, 1.807) is 0 Å². The number of alkyl halides is 6. The number of anilines is 1. The molecule has 0 saturated carbocycles. The predicted molar refractivity (Wildman–Crippen MR) is 109 cm³/mol. The van der Waals surface area contributed by atoms with Gasteiger partial charge in [-0.2, -0.15) is 26.3 Å². The van der Waals surface area contributed by atoms with Crippen molar-refractivity contribution in [3.63, 3.8) is 0 Å². The first kappa shape index (κ1) is 26.7. The first-order valence-electron chi connectivity index (χ1n) is 9.63. The van der Waals surface area contributed by atoms with Crippen LogP contribution in [0.15, 0.2) is 47.4 Å². The molecule has 0 saturated heterocycles. The topological polar surface area (TPSA) is 72.5 Å². The molecular weight excluding hydrogens is 476 g/mol. The van der Waals surface area contributed by atoms with E-state index in [-0.39, 0.29) is 27.5 Å².